The van der Waals surface area contributed by atoms with Crippen LogP contribution < -0.4 is 0 Å². The Balaban J connectivity index is 1.84. The third kappa shape index (κ3) is 2.15. The van der Waals surface area contributed by atoms with E-state index < -0.39 is 28.5 Å². The maximum absolute atomic E-state index is 12.0. The predicted octanol–water partition coefficient (Wildman–Crippen LogP) is -0.255. The van der Waals surface area contributed by atoms with Crippen molar-refractivity contribution in [1.82, 2.24) is 20.1 Å². The second kappa shape index (κ2) is 4.15. The van der Waals surface area contributed by atoms with Gasteiger partial charge in [0, 0.05) is 6.54 Å². The Morgan fingerprint density at radius 3 is 2.89 bits per heavy atom. The molecule has 104 valence electrons. The van der Waals surface area contributed by atoms with E-state index in [9.17, 15) is 13.2 Å². The van der Waals surface area contributed by atoms with E-state index >= 15 is 0 Å². The summed E-state index contributed by atoms with van der Waals surface area (Å²) in [5, 5.41) is 4.15. The number of urea groups is 1. The monoisotopic (exact) mass is 290 g/mol. The summed E-state index contributed by atoms with van der Waals surface area (Å²) < 4.78 is 39.3. The number of fused-ring (bicyclic) bond motifs is 2. The van der Waals surface area contributed by atoms with Gasteiger partial charge in [-0.05, 0) is 12.8 Å². The van der Waals surface area contributed by atoms with Gasteiger partial charge < -0.3 is 9.42 Å². The first-order valence-electron chi connectivity index (χ1n) is 5.49. The SMILES string of the molecule is O=C1N2CC(CCC2c2ncno2)N1OS(=O)(=O)O. The summed E-state index contributed by atoms with van der Waals surface area (Å²) in [6, 6.07) is -1.47. The summed E-state index contributed by atoms with van der Waals surface area (Å²) in [6.07, 6.45) is 2.28. The quantitative estimate of drug-likeness (QED) is 0.755. The van der Waals surface area contributed by atoms with E-state index in [1.165, 1.54) is 11.2 Å². The average molecular weight is 290 g/mol. The molecule has 1 N–H and O–H groups in total. The number of carbonyl (C=O) groups is 1. The number of hydrogen-bond donors (Lipinski definition) is 1. The van der Waals surface area contributed by atoms with Crippen molar-refractivity contribution in [2.75, 3.05) is 6.54 Å². The van der Waals surface area contributed by atoms with Crippen molar-refractivity contribution in [2.24, 2.45) is 0 Å². The van der Waals surface area contributed by atoms with Crippen molar-refractivity contribution >= 4 is 16.4 Å². The summed E-state index contributed by atoms with van der Waals surface area (Å²) in [5.74, 6) is 0.292. The maximum Gasteiger partial charge on any atom is 0.418 e. The highest BCUT2D eigenvalue weighted by atomic mass is 32.3. The molecular weight excluding hydrogens is 280 g/mol. The topological polar surface area (TPSA) is 126 Å². The number of amides is 2. The molecule has 2 bridgehead atoms. The largest absolute Gasteiger partial charge is 0.418 e. The molecule has 2 atom stereocenters. The van der Waals surface area contributed by atoms with Crippen molar-refractivity contribution in [1.29, 1.82) is 0 Å². The van der Waals surface area contributed by atoms with Gasteiger partial charge in [-0.3, -0.25) is 4.55 Å². The van der Waals surface area contributed by atoms with Crippen LogP contribution in [0.5, 0.6) is 0 Å². The highest BCUT2D eigenvalue weighted by Gasteiger charge is 2.49. The van der Waals surface area contributed by atoms with Gasteiger partial charge in [0.15, 0.2) is 6.33 Å². The number of piperidine rings is 1. The van der Waals surface area contributed by atoms with Gasteiger partial charge in [-0.1, -0.05) is 5.16 Å². The number of nitrogens with zero attached hydrogens (tertiary/aromatic N) is 4. The van der Waals surface area contributed by atoms with Crippen LogP contribution in [0.25, 0.3) is 0 Å². The van der Waals surface area contributed by atoms with Gasteiger partial charge in [-0.25, -0.2) is 4.79 Å². The molecule has 0 radical (unpaired) electrons. The molecule has 2 aliphatic heterocycles. The lowest BCUT2D eigenvalue weighted by atomic mass is 10.0. The van der Waals surface area contributed by atoms with Crippen molar-refractivity contribution in [3.8, 4) is 0 Å². The average Bonchev–Trinajstić information content (AvgIpc) is 2.93. The van der Waals surface area contributed by atoms with Crippen LogP contribution in [0.15, 0.2) is 10.9 Å². The Labute approximate surface area is 107 Å². The minimum absolute atomic E-state index is 0.279. The molecule has 19 heavy (non-hydrogen) atoms. The van der Waals surface area contributed by atoms with E-state index in [0.29, 0.717) is 23.8 Å². The minimum atomic E-state index is -4.72. The zero-order valence-electron chi connectivity index (χ0n) is 9.54. The summed E-state index contributed by atoms with van der Waals surface area (Å²) in [5.41, 5.74) is 0. The van der Waals surface area contributed by atoms with E-state index in [-0.39, 0.29) is 6.54 Å². The molecular formula is C8H10N4O6S. The van der Waals surface area contributed by atoms with Crippen LogP contribution in [0, 0.1) is 0 Å². The second-order valence-electron chi connectivity index (χ2n) is 4.29. The Hall–Kier alpha value is -1.72. The summed E-state index contributed by atoms with van der Waals surface area (Å²) >= 11 is 0. The lowest BCUT2D eigenvalue weighted by Gasteiger charge is -2.27. The molecule has 3 heterocycles. The van der Waals surface area contributed by atoms with Gasteiger partial charge >= 0.3 is 16.4 Å². The molecule has 0 saturated carbocycles. The zero-order valence-corrected chi connectivity index (χ0v) is 10.4. The molecule has 2 fully saturated rings. The van der Waals surface area contributed by atoms with E-state index in [2.05, 4.69) is 14.4 Å². The van der Waals surface area contributed by atoms with Crippen LogP contribution in [-0.4, -0.2) is 51.7 Å². The van der Waals surface area contributed by atoms with E-state index in [1.807, 2.05) is 0 Å². The minimum Gasteiger partial charge on any atom is -0.337 e. The normalized spacial score (nSPS) is 27.1. The lowest BCUT2D eigenvalue weighted by molar-refractivity contribution is -0.0317. The standard InChI is InChI=1S/C8H10N4O6S/c13-8-11-3-5(12(8)18-19(14,15)16)1-2-6(11)7-9-4-10-17-7/h4-6H,1-3H2,(H,14,15,16). The number of aromatic nitrogens is 2. The predicted molar refractivity (Wildman–Crippen MR) is 56.6 cm³/mol. The lowest BCUT2D eigenvalue weighted by Crippen LogP contribution is -2.35. The Kier molecular flexibility index (Phi) is 2.69. The molecule has 2 amide bonds. The van der Waals surface area contributed by atoms with Crippen LogP contribution in [0.1, 0.15) is 24.8 Å². The van der Waals surface area contributed by atoms with Gasteiger partial charge in [0.2, 0.25) is 5.89 Å². The molecule has 2 aliphatic rings. The fourth-order valence-electron chi connectivity index (χ4n) is 2.42. The maximum atomic E-state index is 12.0. The Morgan fingerprint density at radius 2 is 2.26 bits per heavy atom. The van der Waals surface area contributed by atoms with Crippen LogP contribution in [0.2, 0.25) is 0 Å². The van der Waals surface area contributed by atoms with E-state index in [0.717, 1.165) is 0 Å². The third-order valence-electron chi connectivity index (χ3n) is 3.16. The van der Waals surface area contributed by atoms with Gasteiger partial charge in [0.05, 0.1) is 6.04 Å². The fraction of sp³-hybridized carbons (Fsp3) is 0.625. The first-order valence-corrected chi connectivity index (χ1v) is 6.85. The van der Waals surface area contributed by atoms with Crippen LogP contribution in [0.3, 0.4) is 0 Å². The molecule has 0 aromatic carbocycles. The molecule has 10 nitrogen and oxygen atoms in total. The Morgan fingerprint density at radius 1 is 1.47 bits per heavy atom. The van der Waals surface area contributed by atoms with Gasteiger partial charge in [0.1, 0.15) is 6.04 Å². The molecule has 3 rings (SSSR count). The summed E-state index contributed by atoms with van der Waals surface area (Å²) in [7, 11) is -4.72. The fourth-order valence-corrected chi connectivity index (χ4v) is 2.81. The van der Waals surface area contributed by atoms with E-state index in [1.54, 1.807) is 0 Å². The first-order chi connectivity index (χ1) is 8.96. The molecule has 1 aromatic heterocycles. The molecule has 2 unspecified atom stereocenters. The smallest absolute Gasteiger partial charge is 0.337 e. The molecule has 1 aromatic rings. The number of rotatable bonds is 3. The van der Waals surface area contributed by atoms with Crippen molar-refractivity contribution in [3.63, 3.8) is 0 Å². The second-order valence-corrected chi connectivity index (χ2v) is 5.29. The first kappa shape index (κ1) is 12.3. The third-order valence-corrected chi connectivity index (χ3v) is 3.51. The van der Waals surface area contributed by atoms with Crippen LogP contribution >= 0.6 is 0 Å². The zero-order chi connectivity index (χ0) is 13.6. The van der Waals surface area contributed by atoms with Gasteiger partial charge in [-0.2, -0.15) is 18.5 Å². The highest BCUT2D eigenvalue weighted by molar-refractivity contribution is 7.80. The summed E-state index contributed by atoms with van der Waals surface area (Å²) in [4.78, 5) is 17.3. The van der Waals surface area contributed by atoms with Crippen molar-refractivity contribution in [3.05, 3.63) is 12.2 Å². The Bertz CT molecular complexity index is 586. The number of carbonyl (C=O) groups excluding carboxylic acids is 1. The molecule has 11 heteroatoms. The van der Waals surface area contributed by atoms with E-state index in [4.69, 9.17) is 9.08 Å². The molecule has 0 spiro atoms. The summed E-state index contributed by atoms with van der Waals surface area (Å²) in [6.45, 7) is 0.279. The number of hydrogen-bond acceptors (Lipinski definition) is 7. The van der Waals surface area contributed by atoms with Crippen molar-refractivity contribution in [2.45, 2.75) is 24.9 Å². The van der Waals surface area contributed by atoms with Gasteiger partial charge in [0.25, 0.3) is 0 Å². The van der Waals surface area contributed by atoms with Crippen molar-refractivity contribution < 1.29 is 26.6 Å². The molecule has 0 aliphatic carbocycles. The van der Waals surface area contributed by atoms with Crippen LogP contribution in [-0.2, 0) is 14.7 Å². The van der Waals surface area contributed by atoms with Gasteiger partial charge in [-0.15, -0.1) is 4.28 Å². The number of hydroxylamine groups is 2. The molecule has 2 saturated heterocycles. The highest BCUT2D eigenvalue weighted by Crippen LogP contribution is 2.37. The van der Waals surface area contributed by atoms with Crippen LogP contribution in [0.4, 0.5) is 4.79 Å².